The second kappa shape index (κ2) is 4.71. The van der Waals surface area contributed by atoms with Crippen LogP contribution < -0.4 is 5.56 Å². The van der Waals surface area contributed by atoms with E-state index in [2.05, 4.69) is 9.97 Å². The van der Waals surface area contributed by atoms with Gasteiger partial charge in [0.05, 0.1) is 16.7 Å². The Bertz CT molecular complexity index is 1060. The maximum Gasteiger partial charge on any atom is 0.274 e. The zero-order valence-corrected chi connectivity index (χ0v) is 12.6. The molecule has 108 valence electrons. The highest BCUT2D eigenvalue weighted by Gasteiger charge is 2.15. The van der Waals surface area contributed by atoms with Crippen molar-refractivity contribution in [1.29, 1.82) is 0 Å². The van der Waals surface area contributed by atoms with Gasteiger partial charge in [0.1, 0.15) is 11.3 Å². The van der Waals surface area contributed by atoms with E-state index in [1.807, 2.05) is 53.8 Å². The van der Waals surface area contributed by atoms with Gasteiger partial charge in [-0.05, 0) is 25.1 Å². The molecule has 2 aromatic heterocycles. The Morgan fingerprint density at radius 1 is 1.14 bits per heavy atom. The standard InChI is InChI=1S/C17H12ClN3O/c1-10-15-17(22)20-13-8-7-12(18)9-14(13)21(15)16(19-10)11-5-3-2-4-6-11/h2-9H,1H3,(H,20,22). The zero-order chi connectivity index (χ0) is 15.3. The third-order valence-electron chi connectivity index (χ3n) is 3.75. The molecule has 2 heterocycles. The van der Waals surface area contributed by atoms with Crippen LogP contribution in [0.3, 0.4) is 0 Å². The molecule has 0 bridgehead atoms. The maximum atomic E-state index is 12.4. The number of hydrogen-bond donors (Lipinski definition) is 1. The molecule has 4 rings (SSSR count). The van der Waals surface area contributed by atoms with E-state index in [0.29, 0.717) is 16.2 Å². The quantitative estimate of drug-likeness (QED) is 0.581. The van der Waals surface area contributed by atoms with Crippen molar-refractivity contribution in [2.45, 2.75) is 6.92 Å². The Morgan fingerprint density at radius 3 is 2.68 bits per heavy atom. The van der Waals surface area contributed by atoms with Crippen LogP contribution in [0.25, 0.3) is 27.9 Å². The number of nitrogens with one attached hydrogen (secondary N) is 1. The molecule has 4 nitrogen and oxygen atoms in total. The molecule has 4 aromatic rings. The Hall–Kier alpha value is -2.59. The van der Waals surface area contributed by atoms with E-state index >= 15 is 0 Å². The predicted molar refractivity (Wildman–Crippen MR) is 88.5 cm³/mol. The van der Waals surface area contributed by atoms with E-state index in [0.717, 1.165) is 22.4 Å². The molecule has 2 aromatic carbocycles. The van der Waals surface area contributed by atoms with Gasteiger partial charge in [-0.2, -0.15) is 0 Å². The largest absolute Gasteiger partial charge is 0.319 e. The van der Waals surface area contributed by atoms with E-state index in [1.54, 1.807) is 6.07 Å². The lowest BCUT2D eigenvalue weighted by Crippen LogP contribution is -2.11. The van der Waals surface area contributed by atoms with Crippen molar-refractivity contribution in [2.24, 2.45) is 0 Å². The third-order valence-corrected chi connectivity index (χ3v) is 3.98. The zero-order valence-electron chi connectivity index (χ0n) is 11.8. The second-order valence-electron chi connectivity index (χ2n) is 5.19. The fraction of sp³-hybridized carbons (Fsp3) is 0.0588. The number of aromatic nitrogens is 3. The average Bonchev–Trinajstić information content (AvgIpc) is 2.88. The monoisotopic (exact) mass is 309 g/mol. The molecular formula is C17H12ClN3O. The molecule has 0 saturated heterocycles. The Morgan fingerprint density at radius 2 is 1.91 bits per heavy atom. The Balaban J connectivity index is 2.26. The number of benzene rings is 2. The van der Waals surface area contributed by atoms with E-state index in [1.165, 1.54) is 0 Å². The number of aromatic amines is 1. The first-order chi connectivity index (χ1) is 10.6. The van der Waals surface area contributed by atoms with Gasteiger partial charge in [0.25, 0.3) is 5.56 Å². The van der Waals surface area contributed by atoms with Crippen molar-refractivity contribution in [3.05, 3.63) is 69.6 Å². The molecule has 0 unspecified atom stereocenters. The van der Waals surface area contributed by atoms with Crippen molar-refractivity contribution in [2.75, 3.05) is 0 Å². The van der Waals surface area contributed by atoms with E-state index in [4.69, 9.17) is 11.6 Å². The van der Waals surface area contributed by atoms with Crippen molar-refractivity contribution < 1.29 is 0 Å². The van der Waals surface area contributed by atoms with Gasteiger partial charge in [0, 0.05) is 10.6 Å². The second-order valence-corrected chi connectivity index (χ2v) is 5.62. The summed E-state index contributed by atoms with van der Waals surface area (Å²) in [6.45, 7) is 1.84. The fourth-order valence-corrected chi connectivity index (χ4v) is 2.95. The number of H-pyrrole nitrogens is 1. The van der Waals surface area contributed by atoms with Crippen LogP contribution in [0, 0.1) is 6.92 Å². The number of hydrogen-bond acceptors (Lipinski definition) is 2. The van der Waals surface area contributed by atoms with Crippen molar-refractivity contribution >= 4 is 28.2 Å². The number of halogens is 1. The van der Waals surface area contributed by atoms with Crippen LogP contribution in [0.5, 0.6) is 0 Å². The lowest BCUT2D eigenvalue weighted by atomic mass is 10.2. The lowest BCUT2D eigenvalue weighted by molar-refractivity contribution is 1.17. The maximum absolute atomic E-state index is 12.4. The summed E-state index contributed by atoms with van der Waals surface area (Å²) in [7, 11) is 0. The normalized spacial score (nSPS) is 11.4. The molecule has 0 spiro atoms. The van der Waals surface area contributed by atoms with Crippen molar-refractivity contribution in [1.82, 2.24) is 14.4 Å². The molecule has 0 aliphatic heterocycles. The minimum Gasteiger partial charge on any atom is -0.319 e. The first kappa shape index (κ1) is 13.1. The molecule has 1 N–H and O–H groups in total. The van der Waals surface area contributed by atoms with Gasteiger partial charge in [-0.1, -0.05) is 41.9 Å². The minimum absolute atomic E-state index is 0.151. The van der Waals surface area contributed by atoms with Crippen molar-refractivity contribution in [3.63, 3.8) is 0 Å². The minimum atomic E-state index is -0.151. The summed E-state index contributed by atoms with van der Waals surface area (Å²) in [5, 5.41) is 0.617. The van der Waals surface area contributed by atoms with E-state index in [-0.39, 0.29) is 5.56 Å². The smallest absolute Gasteiger partial charge is 0.274 e. The van der Waals surface area contributed by atoms with Crippen LogP contribution in [0.1, 0.15) is 5.69 Å². The van der Waals surface area contributed by atoms with Crippen LogP contribution >= 0.6 is 11.6 Å². The lowest BCUT2D eigenvalue weighted by Gasteiger charge is -2.06. The van der Waals surface area contributed by atoms with Gasteiger partial charge in [0.15, 0.2) is 0 Å². The highest BCUT2D eigenvalue weighted by Crippen LogP contribution is 2.26. The van der Waals surface area contributed by atoms with Gasteiger partial charge < -0.3 is 4.98 Å². The van der Waals surface area contributed by atoms with E-state index in [9.17, 15) is 4.79 Å². The highest BCUT2D eigenvalue weighted by atomic mass is 35.5. The summed E-state index contributed by atoms with van der Waals surface area (Å²) in [4.78, 5) is 19.9. The number of aryl methyl sites for hydroxylation is 1. The fourth-order valence-electron chi connectivity index (χ4n) is 2.79. The van der Waals surface area contributed by atoms with Gasteiger partial charge in [0.2, 0.25) is 0 Å². The number of nitrogens with zero attached hydrogens (tertiary/aromatic N) is 2. The molecule has 5 heteroatoms. The molecule has 0 saturated carbocycles. The van der Waals surface area contributed by atoms with Crippen LogP contribution in [0.15, 0.2) is 53.3 Å². The first-order valence-electron chi connectivity index (χ1n) is 6.91. The first-order valence-corrected chi connectivity index (χ1v) is 7.29. The Kier molecular flexibility index (Phi) is 2.81. The number of fused-ring (bicyclic) bond motifs is 3. The summed E-state index contributed by atoms with van der Waals surface area (Å²) in [5.41, 5.74) is 3.62. The molecule has 0 atom stereocenters. The molecule has 0 aliphatic carbocycles. The number of imidazole rings is 1. The molecule has 0 radical (unpaired) electrons. The average molecular weight is 310 g/mol. The molecular weight excluding hydrogens is 298 g/mol. The Labute approximate surface area is 131 Å². The van der Waals surface area contributed by atoms with Crippen LogP contribution in [0.4, 0.5) is 0 Å². The molecule has 22 heavy (non-hydrogen) atoms. The summed E-state index contributed by atoms with van der Waals surface area (Å²) in [6.07, 6.45) is 0. The summed E-state index contributed by atoms with van der Waals surface area (Å²) >= 11 is 6.14. The molecule has 0 amide bonds. The summed E-state index contributed by atoms with van der Waals surface area (Å²) < 4.78 is 1.88. The topological polar surface area (TPSA) is 50.2 Å². The van der Waals surface area contributed by atoms with Gasteiger partial charge in [-0.25, -0.2) is 4.98 Å². The summed E-state index contributed by atoms with van der Waals surface area (Å²) in [6, 6.07) is 15.2. The predicted octanol–water partition coefficient (Wildman–Crippen LogP) is 3.80. The SMILES string of the molecule is Cc1nc(-c2ccccc2)n2c1c(=O)[nH]c1ccc(Cl)cc12. The summed E-state index contributed by atoms with van der Waals surface area (Å²) in [5.74, 6) is 0.742. The number of rotatable bonds is 1. The van der Waals surface area contributed by atoms with Gasteiger partial charge in [-0.3, -0.25) is 9.20 Å². The van der Waals surface area contributed by atoms with E-state index < -0.39 is 0 Å². The van der Waals surface area contributed by atoms with Gasteiger partial charge >= 0.3 is 0 Å². The molecule has 0 fully saturated rings. The highest BCUT2D eigenvalue weighted by molar-refractivity contribution is 6.31. The third kappa shape index (κ3) is 1.84. The van der Waals surface area contributed by atoms with Crippen molar-refractivity contribution in [3.8, 4) is 11.4 Å². The van der Waals surface area contributed by atoms with Crippen LogP contribution in [0.2, 0.25) is 5.02 Å². The van der Waals surface area contributed by atoms with Crippen LogP contribution in [-0.2, 0) is 0 Å². The van der Waals surface area contributed by atoms with Gasteiger partial charge in [-0.15, -0.1) is 0 Å². The molecule has 0 aliphatic rings. The van der Waals surface area contributed by atoms with Crippen LogP contribution in [-0.4, -0.2) is 14.4 Å².